The van der Waals surface area contributed by atoms with E-state index in [0.29, 0.717) is 42.5 Å². The molecule has 1 aliphatic rings. The lowest BCUT2D eigenvalue weighted by Crippen LogP contribution is -2.42. The number of rotatable bonds is 6. The number of halogens is 1. The van der Waals surface area contributed by atoms with E-state index >= 15 is 0 Å². The molecular formula is C13H18ClN3O2. The molecule has 0 amide bonds. The summed E-state index contributed by atoms with van der Waals surface area (Å²) in [5.41, 5.74) is 0.345. The summed E-state index contributed by atoms with van der Waals surface area (Å²) in [7, 11) is 0. The van der Waals surface area contributed by atoms with Gasteiger partial charge < -0.3 is 10.0 Å². The smallest absolute Gasteiger partial charge is 0.156 e. The Morgan fingerprint density at radius 3 is 2.74 bits per heavy atom. The van der Waals surface area contributed by atoms with E-state index in [2.05, 4.69) is 14.9 Å². The molecule has 5 nitrogen and oxygen atoms in total. The molecule has 0 saturated heterocycles. The van der Waals surface area contributed by atoms with Crippen molar-refractivity contribution in [1.82, 2.24) is 9.97 Å². The molecule has 6 heteroatoms. The van der Waals surface area contributed by atoms with Gasteiger partial charge in [0.1, 0.15) is 16.8 Å². The summed E-state index contributed by atoms with van der Waals surface area (Å²) in [6.45, 7) is 2.56. The first-order valence-electron chi connectivity index (χ1n) is 6.54. The van der Waals surface area contributed by atoms with Crippen LogP contribution in [0, 0.1) is 6.92 Å². The number of carbonyl (C=O) groups is 1. The quantitative estimate of drug-likeness (QED) is 0.639. The van der Waals surface area contributed by atoms with Gasteiger partial charge in [-0.3, -0.25) is 4.79 Å². The molecule has 1 aromatic heterocycles. The van der Waals surface area contributed by atoms with Crippen LogP contribution in [0.4, 0.5) is 5.82 Å². The average Bonchev–Trinajstić information content (AvgIpc) is 2.31. The van der Waals surface area contributed by atoms with Crippen LogP contribution in [0.5, 0.6) is 0 Å². The second kappa shape index (κ2) is 6.30. The van der Waals surface area contributed by atoms with Crippen LogP contribution in [0.3, 0.4) is 0 Å². The molecular weight excluding hydrogens is 266 g/mol. The zero-order valence-corrected chi connectivity index (χ0v) is 11.7. The molecule has 1 aliphatic carbocycles. The monoisotopic (exact) mass is 283 g/mol. The van der Waals surface area contributed by atoms with Crippen LogP contribution >= 0.6 is 11.6 Å². The summed E-state index contributed by atoms with van der Waals surface area (Å²) in [4.78, 5) is 21.7. The van der Waals surface area contributed by atoms with Crippen molar-refractivity contribution in [2.24, 2.45) is 0 Å². The standard InChI is InChI=1S/C13H18ClN3O2/c1-9-15-12(14)11(8-19)13(16-9)17(6-3-7-18)10-4-2-5-10/h8,10,18H,2-7H2,1H3. The minimum Gasteiger partial charge on any atom is -0.396 e. The first-order chi connectivity index (χ1) is 9.17. The van der Waals surface area contributed by atoms with E-state index in [1.807, 2.05) is 0 Å². The third-order valence-corrected chi connectivity index (χ3v) is 3.74. The van der Waals surface area contributed by atoms with Crippen molar-refractivity contribution in [2.75, 3.05) is 18.1 Å². The molecule has 104 valence electrons. The van der Waals surface area contributed by atoms with Crippen molar-refractivity contribution in [3.63, 3.8) is 0 Å². The van der Waals surface area contributed by atoms with Crippen molar-refractivity contribution in [2.45, 2.75) is 38.6 Å². The first-order valence-corrected chi connectivity index (χ1v) is 6.92. The lowest BCUT2D eigenvalue weighted by molar-refractivity contribution is 0.112. The highest BCUT2D eigenvalue weighted by atomic mass is 35.5. The van der Waals surface area contributed by atoms with Crippen molar-refractivity contribution in [3.05, 3.63) is 16.5 Å². The van der Waals surface area contributed by atoms with Crippen molar-refractivity contribution in [1.29, 1.82) is 0 Å². The highest BCUT2D eigenvalue weighted by Crippen LogP contribution is 2.32. The Labute approximate surface area is 117 Å². The molecule has 0 unspecified atom stereocenters. The average molecular weight is 284 g/mol. The SMILES string of the molecule is Cc1nc(Cl)c(C=O)c(N(CCCO)C2CCC2)n1. The predicted molar refractivity (Wildman–Crippen MR) is 73.9 cm³/mol. The number of anilines is 1. The van der Waals surface area contributed by atoms with Gasteiger partial charge in [-0.2, -0.15) is 0 Å². The lowest BCUT2D eigenvalue weighted by atomic mass is 9.91. The number of aromatic nitrogens is 2. The van der Waals surface area contributed by atoms with Gasteiger partial charge >= 0.3 is 0 Å². The normalized spacial score (nSPS) is 15.1. The number of aryl methyl sites for hydroxylation is 1. The van der Waals surface area contributed by atoms with Crippen LogP contribution in [0.15, 0.2) is 0 Å². The Morgan fingerprint density at radius 2 is 2.21 bits per heavy atom. The highest BCUT2D eigenvalue weighted by Gasteiger charge is 2.28. The Kier molecular flexibility index (Phi) is 4.71. The summed E-state index contributed by atoms with van der Waals surface area (Å²) in [5, 5.41) is 9.22. The number of aliphatic hydroxyl groups excluding tert-OH is 1. The molecule has 0 aromatic carbocycles. The van der Waals surface area contributed by atoms with Crippen LogP contribution in [0.1, 0.15) is 41.9 Å². The number of hydrogen-bond donors (Lipinski definition) is 1. The lowest BCUT2D eigenvalue weighted by Gasteiger charge is -2.39. The molecule has 2 rings (SSSR count). The maximum absolute atomic E-state index is 11.2. The Morgan fingerprint density at radius 1 is 1.47 bits per heavy atom. The van der Waals surface area contributed by atoms with Crippen molar-refractivity contribution >= 4 is 23.7 Å². The number of carbonyl (C=O) groups excluding carboxylic acids is 1. The van der Waals surface area contributed by atoms with E-state index in [0.717, 1.165) is 12.8 Å². The fraction of sp³-hybridized carbons (Fsp3) is 0.615. The van der Waals surface area contributed by atoms with Crippen molar-refractivity contribution < 1.29 is 9.90 Å². The van der Waals surface area contributed by atoms with Gasteiger partial charge in [0.25, 0.3) is 0 Å². The minimum atomic E-state index is 0.122. The molecule has 0 atom stereocenters. The fourth-order valence-corrected chi connectivity index (χ4v) is 2.51. The molecule has 1 fully saturated rings. The van der Waals surface area contributed by atoms with E-state index in [-0.39, 0.29) is 11.8 Å². The Balaban J connectivity index is 2.36. The Hall–Kier alpha value is -1.20. The fourth-order valence-electron chi connectivity index (χ4n) is 2.25. The highest BCUT2D eigenvalue weighted by molar-refractivity contribution is 6.32. The number of hydrogen-bond acceptors (Lipinski definition) is 5. The van der Waals surface area contributed by atoms with E-state index < -0.39 is 0 Å². The molecule has 1 heterocycles. The third kappa shape index (κ3) is 3.04. The maximum atomic E-state index is 11.2. The summed E-state index contributed by atoms with van der Waals surface area (Å²) >= 11 is 6.02. The van der Waals surface area contributed by atoms with Gasteiger partial charge in [-0.05, 0) is 32.6 Å². The molecule has 1 N–H and O–H groups in total. The van der Waals surface area contributed by atoms with Gasteiger partial charge in [0, 0.05) is 19.2 Å². The van der Waals surface area contributed by atoms with Crippen LogP contribution < -0.4 is 4.90 Å². The third-order valence-electron chi connectivity index (χ3n) is 3.45. The zero-order chi connectivity index (χ0) is 13.8. The molecule has 1 aromatic rings. The summed E-state index contributed by atoms with van der Waals surface area (Å²) in [5.74, 6) is 1.16. The van der Waals surface area contributed by atoms with Gasteiger partial charge in [0.2, 0.25) is 0 Å². The number of aldehydes is 1. The first kappa shape index (κ1) is 14.2. The van der Waals surface area contributed by atoms with E-state index in [9.17, 15) is 4.79 Å². The molecule has 1 saturated carbocycles. The second-order valence-electron chi connectivity index (χ2n) is 4.77. The van der Waals surface area contributed by atoms with Crippen LogP contribution in [-0.4, -0.2) is 40.6 Å². The number of aliphatic hydroxyl groups is 1. The minimum absolute atomic E-state index is 0.122. The maximum Gasteiger partial charge on any atom is 0.156 e. The van der Waals surface area contributed by atoms with Gasteiger partial charge in [-0.25, -0.2) is 9.97 Å². The van der Waals surface area contributed by atoms with Crippen LogP contribution in [0.25, 0.3) is 0 Å². The second-order valence-corrected chi connectivity index (χ2v) is 5.13. The summed E-state index contributed by atoms with van der Waals surface area (Å²) < 4.78 is 0. The zero-order valence-electron chi connectivity index (χ0n) is 11.0. The summed E-state index contributed by atoms with van der Waals surface area (Å²) in [6.07, 6.45) is 4.72. The van der Waals surface area contributed by atoms with Gasteiger partial charge in [0.05, 0.1) is 5.56 Å². The molecule has 0 radical (unpaired) electrons. The van der Waals surface area contributed by atoms with Crippen molar-refractivity contribution in [3.8, 4) is 0 Å². The predicted octanol–water partition coefficient (Wildman–Crippen LogP) is 1.99. The van der Waals surface area contributed by atoms with Crippen LogP contribution in [0.2, 0.25) is 5.15 Å². The van der Waals surface area contributed by atoms with E-state index in [1.54, 1.807) is 6.92 Å². The number of nitrogens with zero attached hydrogens (tertiary/aromatic N) is 3. The van der Waals surface area contributed by atoms with E-state index in [4.69, 9.17) is 16.7 Å². The topological polar surface area (TPSA) is 66.3 Å². The summed E-state index contributed by atoms with van der Waals surface area (Å²) in [6, 6.07) is 0.385. The van der Waals surface area contributed by atoms with Gasteiger partial charge in [0.15, 0.2) is 6.29 Å². The van der Waals surface area contributed by atoms with Gasteiger partial charge in [-0.15, -0.1) is 0 Å². The molecule has 0 aliphatic heterocycles. The van der Waals surface area contributed by atoms with Crippen LogP contribution in [-0.2, 0) is 0 Å². The molecule has 19 heavy (non-hydrogen) atoms. The molecule has 0 spiro atoms. The largest absolute Gasteiger partial charge is 0.396 e. The van der Waals surface area contributed by atoms with E-state index in [1.165, 1.54) is 6.42 Å². The van der Waals surface area contributed by atoms with Gasteiger partial charge in [-0.1, -0.05) is 11.6 Å². The Bertz CT molecular complexity index is 463. The molecule has 0 bridgehead atoms.